The van der Waals surface area contributed by atoms with E-state index >= 15 is 0 Å². The molecule has 18 heavy (non-hydrogen) atoms. The Balaban J connectivity index is 2.86. The number of anilines is 1. The standard InChI is InChI=1S/C13H18N2O3/c1-8(2)6-7-15-12(16)9-4-3-5-10(14)11(9)13(17)18/h3-5,8H,6-7,14H2,1-2H3,(H,15,16)(H,17,18). The average molecular weight is 250 g/mol. The van der Waals surface area contributed by atoms with Gasteiger partial charge in [0.25, 0.3) is 5.91 Å². The molecular weight excluding hydrogens is 232 g/mol. The van der Waals surface area contributed by atoms with Crippen molar-refractivity contribution in [1.82, 2.24) is 5.32 Å². The summed E-state index contributed by atoms with van der Waals surface area (Å²) < 4.78 is 0. The predicted molar refractivity (Wildman–Crippen MR) is 69.6 cm³/mol. The molecule has 0 saturated heterocycles. The van der Waals surface area contributed by atoms with Gasteiger partial charge in [-0.2, -0.15) is 0 Å². The van der Waals surface area contributed by atoms with E-state index in [1.54, 1.807) is 6.07 Å². The number of hydrogen-bond donors (Lipinski definition) is 3. The highest BCUT2D eigenvalue weighted by Crippen LogP contribution is 2.17. The second-order valence-electron chi connectivity index (χ2n) is 4.51. The molecule has 0 aliphatic heterocycles. The number of carbonyl (C=O) groups excluding carboxylic acids is 1. The number of nitrogens with two attached hydrogens (primary N) is 1. The minimum Gasteiger partial charge on any atom is -0.478 e. The lowest BCUT2D eigenvalue weighted by atomic mass is 10.0. The third-order valence-electron chi connectivity index (χ3n) is 2.56. The fourth-order valence-corrected chi connectivity index (χ4v) is 1.57. The van der Waals surface area contributed by atoms with Gasteiger partial charge in [-0.25, -0.2) is 4.79 Å². The maximum absolute atomic E-state index is 11.9. The van der Waals surface area contributed by atoms with Crippen LogP contribution in [0, 0.1) is 5.92 Å². The summed E-state index contributed by atoms with van der Waals surface area (Å²) in [5.41, 5.74) is 5.64. The molecule has 0 heterocycles. The molecule has 0 radical (unpaired) electrons. The summed E-state index contributed by atoms with van der Waals surface area (Å²) in [6, 6.07) is 4.50. The summed E-state index contributed by atoms with van der Waals surface area (Å²) in [6.45, 7) is 4.62. The molecule has 1 amide bonds. The van der Waals surface area contributed by atoms with Gasteiger partial charge in [-0.1, -0.05) is 19.9 Å². The first-order valence-corrected chi connectivity index (χ1v) is 5.83. The number of hydrogen-bond acceptors (Lipinski definition) is 3. The topological polar surface area (TPSA) is 92.4 Å². The molecule has 0 unspecified atom stereocenters. The summed E-state index contributed by atoms with van der Waals surface area (Å²) in [6.07, 6.45) is 0.844. The summed E-state index contributed by atoms with van der Waals surface area (Å²) in [5, 5.41) is 11.7. The lowest BCUT2D eigenvalue weighted by Crippen LogP contribution is -2.27. The molecule has 98 valence electrons. The van der Waals surface area contributed by atoms with E-state index in [0.29, 0.717) is 12.5 Å². The number of benzene rings is 1. The van der Waals surface area contributed by atoms with Crippen molar-refractivity contribution in [2.45, 2.75) is 20.3 Å². The lowest BCUT2D eigenvalue weighted by Gasteiger charge is -2.10. The van der Waals surface area contributed by atoms with E-state index in [4.69, 9.17) is 10.8 Å². The van der Waals surface area contributed by atoms with Crippen LogP contribution in [0.3, 0.4) is 0 Å². The van der Waals surface area contributed by atoms with Crippen molar-refractivity contribution >= 4 is 17.6 Å². The number of nitrogens with one attached hydrogen (secondary N) is 1. The zero-order valence-corrected chi connectivity index (χ0v) is 10.6. The van der Waals surface area contributed by atoms with Crippen LogP contribution in [-0.2, 0) is 0 Å². The predicted octanol–water partition coefficient (Wildman–Crippen LogP) is 1.74. The van der Waals surface area contributed by atoms with Crippen LogP contribution in [0.5, 0.6) is 0 Å². The molecule has 5 heteroatoms. The monoisotopic (exact) mass is 250 g/mol. The zero-order valence-electron chi connectivity index (χ0n) is 10.6. The molecule has 0 aromatic heterocycles. The Labute approximate surface area is 106 Å². The van der Waals surface area contributed by atoms with Crippen LogP contribution >= 0.6 is 0 Å². The Morgan fingerprint density at radius 3 is 2.61 bits per heavy atom. The Morgan fingerprint density at radius 1 is 1.39 bits per heavy atom. The molecule has 0 spiro atoms. The Hall–Kier alpha value is -2.04. The van der Waals surface area contributed by atoms with E-state index in [-0.39, 0.29) is 16.8 Å². The summed E-state index contributed by atoms with van der Waals surface area (Å²) in [4.78, 5) is 22.9. The fourth-order valence-electron chi connectivity index (χ4n) is 1.57. The normalized spacial score (nSPS) is 10.4. The van der Waals surface area contributed by atoms with Crippen molar-refractivity contribution in [3.05, 3.63) is 29.3 Å². The molecule has 0 aliphatic rings. The highest BCUT2D eigenvalue weighted by Gasteiger charge is 2.18. The van der Waals surface area contributed by atoms with E-state index in [9.17, 15) is 9.59 Å². The summed E-state index contributed by atoms with van der Waals surface area (Å²) in [5.74, 6) is -1.12. The van der Waals surface area contributed by atoms with Crippen LogP contribution in [0.1, 0.15) is 41.0 Å². The number of amides is 1. The van der Waals surface area contributed by atoms with Gasteiger partial charge in [0.15, 0.2) is 0 Å². The molecule has 1 aromatic rings. The van der Waals surface area contributed by atoms with Crippen LogP contribution in [0.2, 0.25) is 0 Å². The van der Waals surface area contributed by atoms with Gasteiger partial charge in [-0.3, -0.25) is 4.79 Å². The Kier molecular flexibility index (Phi) is 4.71. The van der Waals surface area contributed by atoms with Gasteiger partial charge in [-0.05, 0) is 24.5 Å². The van der Waals surface area contributed by atoms with Crippen LogP contribution in [0.25, 0.3) is 0 Å². The molecule has 0 fully saturated rings. The minimum absolute atomic E-state index is 0.0963. The third-order valence-corrected chi connectivity index (χ3v) is 2.56. The number of carboxylic acid groups (broad SMARTS) is 1. The molecule has 1 rings (SSSR count). The largest absolute Gasteiger partial charge is 0.478 e. The number of nitrogen functional groups attached to an aromatic ring is 1. The highest BCUT2D eigenvalue weighted by atomic mass is 16.4. The van der Waals surface area contributed by atoms with Gasteiger partial charge < -0.3 is 16.2 Å². The van der Waals surface area contributed by atoms with Gasteiger partial charge in [-0.15, -0.1) is 0 Å². The molecule has 0 bridgehead atoms. The van der Waals surface area contributed by atoms with Crippen molar-refractivity contribution in [3.8, 4) is 0 Å². The molecular formula is C13H18N2O3. The molecule has 4 N–H and O–H groups in total. The SMILES string of the molecule is CC(C)CCNC(=O)c1cccc(N)c1C(=O)O. The van der Waals surface area contributed by atoms with Crippen molar-refractivity contribution in [2.24, 2.45) is 5.92 Å². The van der Waals surface area contributed by atoms with Crippen LogP contribution < -0.4 is 11.1 Å². The first-order valence-electron chi connectivity index (χ1n) is 5.83. The van der Waals surface area contributed by atoms with Gasteiger partial charge in [0.05, 0.1) is 11.1 Å². The Bertz CT molecular complexity index is 456. The first-order chi connectivity index (χ1) is 8.43. The maximum Gasteiger partial charge on any atom is 0.338 e. The van der Waals surface area contributed by atoms with Crippen LogP contribution in [0.15, 0.2) is 18.2 Å². The van der Waals surface area contributed by atoms with E-state index in [1.807, 2.05) is 0 Å². The summed E-state index contributed by atoms with van der Waals surface area (Å²) >= 11 is 0. The van der Waals surface area contributed by atoms with Crippen molar-refractivity contribution in [2.75, 3.05) is 12.3 Å². The number of rotatable bonds is 5. The molecule has 0 saturated carbocycles. The van der Waals surface area contributed by atoms with Gasteiger partial charge in [0, 0.05) is 12.2 Å². The van der Waals surface area contributed by atoms with E-state index in [1.165, 1.54) is 12.1 Å². The lowest BCUT2D eigenvalue weighted by molar-refractivity contribution is 0.0692. The van der Waals surface area contributed by atoms with Crippen molar-refractivity contribution in [1.29, 1.82) is 0 Å². The van der Waals surface area contributed by atoms with E-state index < -0.39 is 11.9 Å². The second-order valence-corrected chi connectivity index (χ2v) is 4.51. The molecule has 1 aromatic carbocycles. The second kappa shape index (κ2) is 6.05. The number of aromatic carboxylic acids is 1. The van der Waals surface area contributed by atoms with E-state index in [2.05, 4.69) is 19.2 Å². The smallest absolute Gasteiger partial charge is 0.338 e. The zero-order chi connectivity index (χ0) is 13.7. The number of carboxylic acids is 1. The Morgan fingerprint density at radius 2 is 2.06 bits per heavy atom. The minimum atomic E-state index is -1.19. The van der Waals surface area contributed by atoms with Crippen LogP contribution in [0.4, 0.5) is 5.69 Å². The maximum atomic E-state index is 11.9. The molecule has 0 atom stereocenters. The van der Waals surface area contributed by atoms with Crippen molar-refractivity contribution in [3.63, 3.8) is 0 Å². The number of carbonyl (C=O) groups is 2. The van der Waals surface area contributed by atoms with E-state index in [0.717, 1.165) is 6.42 Å². The average Bonchev–Trinajstić information content (AvgIpc) is 2.27. The highest BCUT2D eigenvalue weighted by molar-refractivity contribution is 6.07. The van der Waals surface area contributed by atoms with Gasteiger partial charge in [0.1, 0.15) is 0 Å². The molecule has 5 nitrogen and oxygen atoms in total. The van der Waals surface area contributed by atoms with Gasteiger partial charge in [0.2, 0.25) is 0 Å². The molecule has 0 aliphatic carbocycles. The fraction of sp³-hybridized carbons (Fsp3) is 0.385. The van der Waals surface area contributed by atoms with Crippen molar-refractivity contribution < 1.29 is 14.7 Å². The van der Waals surface area contributed by atoms with Crippen LogP contribution in [-0.4, -0.2) is 23.5 Å². The quantitative estimate of drug-likeness (QED) is 0.694. The van der Waals surface area contributed by atoms with Gasteiger partial charge >= 0.3 is 5.97 Å². The third kappa shape index (κ3) is 3.48. The summed E-state index contributed by atoms with van der Waals surface area (Å²) in [7, 11) is 0. The first kappa shape index (κ1) is 14.0.